The Kier molecular flexibility index (Phi) is 12.3. The molecule has 0 aliphatic heterocycles. The predicted molar refractivity (Wildman–Crippen MR) is 265 cm³/mol. The molecule has 0 atom stereocenters. The number of furan rings is 1. The van der Waals surface area contributed by atoms with Crippen LogP contribution in [0.1, 0.15) is 64.5 Å². The zero-order valence-electron chi connectivity index (χ0n) is 39.3. The van der Waals surface area contributed by atoms with E-state index in [9.17, 15) is 0 Å². The van der Waals surface area contributed by atoms with Crippen molar-refractivity contribution in [1.82, 2.24) is 19.5 Å². The van der Waals surface area contributed by atoms with Crippen LogP contribution in [0.4, 0.5) is 0 Å². The van der Waals surface area contributed by atoms with Crippen LogP contribution in [0.3, 0.4) is 0 Å². The first kappa shape index (κ1) is 41.7. The van der Waals surface area contributed by atoms with Crippen molar-refractivity contribution >= 4 is 46.2 Å². The third-order valence-electron chi connectivity index (χ3n) is 11.5. The molecule has 7 heteroatoms. The fourth-order valence-corrected chi connectivity index (χ4v) is 9.73. The molecule has 64 heavy (non-hydrogen) atoms. The molecule has 0 saturated carbocycles. The van der Waals surface area contributed by atoms with Gasteiger partial charge in [0, 0.05) is 46.3 Å². The van der Waals surface area contributed by atoms with Gasteiger partial charge in [-0.15, -0.1) is 54.1 Å². The van der Waals surface area contributed by atoms with Gasteiger partial charge >= 0.3 is 0 Å². The molecular formula is C57H52IrN4OSi-2. The maximum Gasteiger partial charge on any atom is 0.120 e. The van der Waals surface area contributed by atoms with E-state index >= 15 is 0 Å². The third-order valence-corrected chi connectivity index (χ3v) is 13.5. The molecule has 10 aromatic rings. The zero-order valence-corrected chi connectivity index (χ0v) is 40.7. The summed E-state index contributed by atoms with van der Waals surface area (Å²) in [6.07, 6.45) is 4.00. The average molecular weight is 1030 g/mol. The molecule has 0 bridgehead atoms. The maximum absolute atomic E-state index is 8.84. The first-order valence-electron chi connectivity index (χ1n) is 22.7. The van der Waals surface area contributed by atoms with Gasteiger partial charge in [0.15, 0.2) is 0 Å². The Bertz CT molecular complexity index is 3260. The number of pyridine rings is 2. The number of hydrogen-bond donors (Lipinski definition) is 0. The molecule has 0 saturated heterocycles. The van der Waals surface area contributed by atoms with Crippen molar-refractivity contribution in [3.05, 3.63) is 199 Å². The van der Waals surface area contributed by atoms with Gasteiger partial charge in [0.1, 0.15) is 5.58 Å². The fourth-order valence-electron chi connectivity index (χ4n) is 8.33. The van der Waals surface area contributed by atoms with Gasteiger partial charge in [0.25, 0.3) is 0 Å². The van der Waals surface area contributed by atoms with Crippen molar-refractivity contribution in [2.24, 2.45) is 0 Å². The number of nitrogens with zero attached hydrogens (tertiary/aromatic N) is 4. The largest absolute Gasteiger partial charge is 0.501 e. The van der Waals surface area contributed by atoms with Crippen molar-refractivity contribution in [2.45, 2.75) is 65.5 Å². The molecule has 0 N–H and O–H groups in total. The molecule has 0 amide bonds. The second-order valence-electron chi connectivity index (χ2n) is 17.6. The Morgan fingerprint density at radius 1 is 0.703 bits per heavy atom. The quantitative estimate of drug-likeness (QED) is 0.107. The first-order valence-corrected chi connectivity index (χ1v) is 25.2. The van der Waals surface area contributed by atoms with Crippen LogP contribution in [0, 0.1) is 12.1 Å². The van der Waals surface area contributed by atoms with Crippen molar-refractivity contribution < 1.29 is 27.3 Å². The third kappa shape index (κ3) is 8.94. The molecule has 5 nitrogen and oxygen atoms in total. The fraction of sp³-hybridized carbons (Fsp3) is 0.175. The molecular weight excluding hydrogens is 977 g/mol. The Balaban J connectivity index is 0.000000197. The van der Waals surface area contributed by atoms with Gasteiger partial charge < -0.3 is 14.0 Å². The maximum atomic E-state index is 8.84. The van der Waals surface area contributed by atoms with Crippen molar-refractivity contribution in [3.8, 4) is 39.5 Å². The summed E-state index contributed by atoms with van der Waals surface area (Å²) in [5, 5.41) is 3.21. The molecule has 4 aromatic heterocycles. The summed E-state index contributed by atoms with van der Waals surface area (Å²) in [6.45, 7) is 15.7. The van der Waals surface area contributed by atoms with Gasteiger partial charge in [-0.1, -0.05) is 149 Å². The van der Waals surface area contributed by atoms with Gasteiger partial charge in [-0.2, -0.15) is 0 Å². The van der Waals surface area contributed by atoms with Gasteiger partial charge in [0.2, 0.25) is 0 Å². The van der Waals surface area contributed by atoms with E-state index in [1.807, 2.05) is 104 Å². The van der Waals surface area contributed by atoms with Gasteiger partial charge in [0.05, 0.1) is 36.7 Å². The van der Waals surface area contributed by atoms with Crippen LogP contribution in [-0.2, 0) is 26.5 Å². The second kappa shape index (κ2) is 18.8. The average Bonchev–Trinajstić information content (AvgIpc) is 3.90. The number of fused-ring (bicyclic) bond motifs is 4. The number of hydrogen-bond acceptors (Lipinski definition) is 4. The second-order valence-corrected chi connectivity index (χ2v) is 22.7. The molecule has 4 heterocycles. The summed E-state index contributed by atoms with van der Waals surface area (Å²) in [7, 11) is -1.76. The summed E-state index contributed by atoms with van der Waals surface area (Å²) in [4.78, 5) is 14.2. The smallest absolute Gasteiger partial charge is 0.120 e. The number of rotatable bonds is 9. The summed E-state index contributed by atoms with van der Waals surface area (Å²) in [5.74, 6) is 1.38. The molecule has 321 valence electrons. The van der Waals surface area contributed by atoms with Crippen molar-refractivity contribution in [3.63, 3.8) is 0 Å². The Morgan fingerprint density at radius 3 is 2.08 bits per heavy atom. The van der Waals surface area contributed by atoms with Crippen LogP contribution >= 0.6 is 0 Å². The van der Waals surface area contributed by atoms with E-state index in [2.05, 4.69) is 135 Å². The van der Waals surface area contributed by atoms with Gasteiger partial charge in [-0.05, 0) is 81.2 Å². The van der Waals surface area contributed by atoms with Crippen molar-refractivity contribution in [2.75, 3.05) is 0 Å². The SMILES string of the molecule is CC(C)c1cc(-c2ccccc2)cc(C(C)C)c1-n1c(-c2[c-]ccc3c2oc2ccccc23)nc2cnccc21.[2H]C([2H])(c1ccccc1)c1cc(-c2[c-]cccc2)ncc1[Si](C)(C)C.[Ir]. The summed E-state index contributed by atoms with van der Waals surface area (Å²) < 4.78 is 26.4. The van der Waals surface area contributed by atoms with Crippen LogP contribution in [0.5, 0.6) is 0 Å². The van der Waals surface area contributed by atoms with Crippen LogP contribution in [0.15, 0.2) is 169 Å². The molecule has 10 rings (SSSR count). The Labute approximate surface area is 394 Å². The molecule has 6 aromatic carbocycles. The standard InChI is InChI=1S/C36H30N3O.C21H22NSi.Ir/c1-22(2)29-19-25(24-11-6-5-7-12-24)20-30(23(3)4)34(29)39-32-17-18-37-21-31(32)38-36(39)28-15-10-14-27-26-13-8-9-16-33(26)40-35(27)28;1-23(2,3)21-16-22-20(18-12-8-5-9-13-18)15-19(21)14-17-10-6-4-7-11-17;/h5-14,16-23H,1-4H3;4-12,15-16H,14H2,1-3H3;/q2*-1;/i;14D2;. The van der Waals surface area contributed by atoms with Crippen LogP contribution in [-0.4, -0.2) is 27.6 Å². The zero-order chi connectivity index (χ0) is 45.5. The molecule has 1 radical (unpaired) electrons. The van der Waals surface area contributed by atoms with Crippen molar-refractivity contribution in [1.29, 1.82) is 0 Å². The van der Waals surface area contributed by atoms with E-state index < -0.39 is 14.4 Å². The minimum Gasteiger partial charge on any atom is -0.501 e. The van der Waals surface area contributed by atoms with E-state index in [1.54, 1.807) is 0 Å². The van der Waals surface area contributed by atoms with E-state index in [1.165, 1.54) is 27.9 Å². The summed E-state index contributed by atoms with van der Waals surface area (Å²) in [6, 6.07) is 55.3. The Morgan fingerprint density at radius 2 is 1.39 bits per heavy atom. The monoisotopic (exact) mass is 1030 g/mol. The summed E-state index contributed by atoms with van der Waals surface area (Å²) in [5.41, 5.74) is 13.6. The van der Waals surface area contributed by atoms with Crippen LogP contribution in [0.2, 0.25) is 19.6 Å². The normalized spacial score (nSPS) is 12.3. The number of para-hydroxylation sites is 1. The van der Waals surface area contributed by atoms with E-state index in [0.29, 0.717) is 5.56 Å². The molecule has 0 spiro atoms. The van der Waals surface area contributed by atoms with E-state index in [4.69, 9.17) is 12.1 Å². The topological polar surface area (TPSA) is 56.7 Å². The number of aromatic nitrogens is 4. The number of benzene rings is 6. The van der Waals surface area contributed by atoms with E-state index in [-0.39, 0.29) is 31.9 Å². The minimum absolute atomic E-state index is 0. The summed E-state index contributed by atoms with van der Waals surface area (Å²) >= 11 is 0. The molecule has 0 unspecified atom stereocenters. The molecule has 0 fully saturated rings. The van der Waals surface area contributed by atoms with Crippen LogP contribution in [0.25, 0.3) is 72.4 Å². The van der Waals surface area contributed by atoms with Gasteiger partial charge in [-0.25, -0.2) is 0 Å². The molecule has 0 aliphatic rings. The minimum atomic E-state index is -1.76. The van der Waals surface area contributed by atoms with Gasteiger partial charge in [-0.3, -0.25) is 9.97 Å². The first-order chi connectivity index (χ1) is 31.3. The van der Waals surface area contributed by atoms with Crippen LogP contribution < -0.4 is 5.19 Å². The Hall–Kier alpha value is -6.24. The number of imidazole rings is 1. The predicted octanol–water partition coefficient (Wildman–Crippen LogP) is 14.4. The van der Waals surface area contributed by atoms with E-state index in [0.717, 1.165) is 66.4 Å². The molecule has 0 aliphatic carbocycles.